The van der Waals surface area contributed by atoms with E-state index >= 15 is 0 Å². The van der Waals surface area contributed by atoms with Crippen LogP contribution in [0.2, 0.25) is 5.02 Å². The Balaban J connectivity index is 2.30. The zero-order valence-corrected chi connectivity index (χ0v) is 11.4. The largest absolute Gasteiger partial charge is 0.145 e. The minimum atomic E-state index is 0.804. The van der Waals surface area contributed by atoms with Crippen LogP contribution in [-0.2, 0) is 6.42 Å². The number of hydrogen-bond donors (Lipinski definition) is 0. The van der Waals surface area contributed by atoms with Gasteiger partial charge in [-0.15, -0.1) is 11.3 Å². The molecule has 0 aliphatic carbocycles. The third-order valence-electron chi connectivity index (χ3n) is 3.01. The molecule has 0 bridgehead atoms. The van der Waals surface area contributed by atoms with E-state index in [1.165, 1.54) is 26.4 Å². The topological polar surface area (TPSA) is 0 Å². The highest BCUT2D eigenvalue weighted by Crippen LogP contribution is 2.28. The zero-order valence-electron chi connectivity index (χ0n) is 9.80. The van der Waals surface area contributed by atoms with Crippen molar-refractivity contribution < 1.29 is 0 Å². The third kappa shape index (κ3) is 2.31. The minimum Gasteiger partial charge on any atom is -0.145 e. The van der Waals surface area contributed by atoms with Gasteiger partial charge < -0.3 is 0 Å². The summed E-state index contributed by atoms with van der Waals surface area (Å²) in [6.07, 6.45) is 1.01. The molecule has 0 amide bonds. The van der Waals surface area contributed by atoms with E-state index < -0.39 is 0 Å². The summed E-state index contributed by atoms with van der Waals surface area (Å²) in [7, 11) is 0. The Labute approximate surface area is 106 Å². The average molecular weight is 251 g/mol. The number of benzene rings is 1. The van der Waals surface area contributed by atoms with Crippen LogP contribution in [0.5, 0.6) is 0 Å². The van der Waals surface area contributed by atoms with Crippen molar-refractivity contribution in [3.63, 3.8) is 0 Å². The van der Waals surface area contributed by atoms with Gasteiger partial charge in [-0.1, -0.05) is 23.7 Å². The van der Waals surface area contributed by atoms with Gasteiger partial charge in [0.15, 0.2) is 0 Å². The van der Waals surface area contributed by atoms with Crippen molar-refractivity contribution in [2.45, 2.75) is 27.2 Å². The van der Waals surface area contributed by atoms with Crippen molar-refractivity contribution in [1.82, 2.24) is 0 Å². The van der Waals surface area contributed by atoms with Crippen molar-refractivity contribution in [2.75, 3.05) is 0 Å². The molecule has 0 saturated heterocycles. The highest BCUT2D eigenvalue weighted by molar-refractivity contribution is 7.12. The predicted octanol–water partition coefficient (Wildman–Crippen LogP) is 4.92. The maximum atomic E-state index is 5.88. The van der Waals surface area contributed by atoms with Crippen LogP contribution in [0.15, 0.2) is 24.3 Å². The second-order valence-corrected chi connectivity index (χ2v) is 5.99. The lowest BCUT2D eigenvalue weighted by atomic mass is 10.0. The van der Waals surface area contributed by atoms with E-state index in [1.807, 2.05) is 23.5 Å². The summed E-state index contributed by atoms with van der Waals surface area (Å²) >= 11 is 7.78. The van der Waals surface area contributed by atoms with Crippen molar-refractivity contribution >= 4 is 22.9 Å². The van der Waals surface area contributed by atoms with Crippen LogP contribution >= 0.6 is 22.9 Å². The van der Waals surface area contributed by atoms with Gasteiger partial charge in [0.05, 0.1) is 0 Å². The fourth-order valence-corrected chi connectivity index (χ4v) is 3.12. The second-order valence-electron chi connectivity index (χ2n) is 4.12. The predicted molar refractivity (Wildman–Crippen MR) is 72.8 cm³/mol. The summed E-state index contributed by atoms with van der Waals surface area (Å²) in [6, 6.07) is 8.13. The molecule has 2 aromatic rings. The molecule has 1 aromatic carbocycles. The summed E-state index contributed by atoms with van der Waals surface area (Å²) in [5, 5.41) is 0.804. The molecule has 0 radical (unpaired) electrons. The SMILES string of the molecule is Cc1sc(C)c(Cc2ccc(Cl)cc2)c1C. The van der Waals surface area contributed by atoms with Crippen LogP contribution in [0.25, 0.3) is 0 Å². The molecule has 0 N–H and O–H groups in total. The van der Waals surface area contributed by atoms with Gasteiger partial charge in [-0.05, 0) is 56.0 Å². The molecular formula is C14H15ClS. The molecule has 16 heavy (non-hydrogen) atoms. The second kappa shape index (κ2) is 4.60. The molecule has 0 fully saturated rings. The highest BCUT2D eigenvalue weighted by Gasteiger charge is 2.09. The zero-order chi connectivity index (χ0) is 11.7. The maximum absolute atomic E-state index is 5.88. The fourth-order valence-electron chi connectivity index (χ4n) is 1.91. The number of rotatable bonds is 2. The van der Waals surface area contributed by atoms with Gasteiger partial charge in [-0.2, -0.15) is 0 Å². The van der Waals surface area contributed by atoms with Gasteiger partial charge >= 0.3 is 0 Å². The van der Waals surface area contributed by atoms with E-state index in [-0.39, 0.29) is 0 Å². The molecule has 0 spiro atoms. The molecule has 0 aliphatic rings. The van der Waals surface area contributed by atoms with Gasteiger partial charge in [0.25, 0.3) is 0 Å². The molecule has 2 heteroatoms. The molecule has 0 aliphatic heterocycles. The van der Waals surface area contributed by atoms with E-state index in [4.69, 9.17) is 11.6 Å². The maximum Gasteiger partial charge on any atom is 0.0406 e. The highest BCUT2D eigenvalue weighted by atomic mass is 35.5. The van der Waals surface area contributed by atoms with Crippen molar-refractivity contribution in [1.29, 1.82) is 0 Å². The smallest absolute Gasteiger partial charge is 0.0406 e. The Morgan fingerprint density at radius 2 is 1.62 bits per heavy atom. The first-order valence-electron chi connectivity index (χ1n) is 5.38. The van der Waals surface area contributed by atoms with Crippen molar-refractivity contribution in [3.05, 3.63) is 55.7 Å². The monoisotopic (exact) mass is 250 g/mol. The summed E-state index contributed by atoms with van der Waals surface area (Å²) in [5.41, 5.74) is 4.25. The van der Waals surface area contributed by atoms with Gasteiger partial charge in [0, 0.05) is 14.8 Å². The van der Waals surface area contributed by atoms with Crippen LogP contribution < -0.4 is 0 Å². The van der Waals surface area contributed by atoms with Crippen molar-refractivity contribution in [3.8, 4) is 0 Å². The first-order valence-corrected chi connectivity index (χ1v) is 6.57. The number of hydrogen-bond acceptors (Lipinski definition) is 1. The number of aryl methyl sites for hydroxylation is 2. The van der Waals surface area contributed by atoms with E-state index in [9.17, 15) is 0 Å². The first kappa shape index (κ1) is 11.7. The minimum absolute atomic E-state index is 0.804. The average Bonchev–Trinajstić information content (AvgIpc) is 2.48. The Kier molecular flexibility index (Phi) is 3.36. The van der Waals surface area contributed by atoms with Crippen LogP contribution in [-0.4, -0.2) is 0 Å². The lowest BCUT2D eigenvalue weighted by molar-refractivity contribution is 1.15. The molecule has 0 saturated carbocycles. The van der Waals surface area contributed by atoms with Gasteiger partial charge in [0.1, 0.15) is 0 Å². The van der Waals surface area contributed by atoms with Crippen molar-refractivity contribution in [2.24, 2.45) is 0 Å². The van der Waals surface area contributed by atoms with E-state index in [1.54, 1.807) is 0 Å². The Hall–Kier alpha value is -0.790. The summed E-state index contributed by atoms with van der Waals surface area (Å²) < 4.78 is 0. The van der Waals surface area contributed by atoms with Crippen LogP contribution in [0.4, 0.5) is 0 Å². The van der Waals surface area contributed by atoms with E-state index in [0.29, 0.717) is 0 Å². The lowest BCUT2D eigenvalue weighted by Crippen LogP contribution is -1.90. The molecule has 0 nitrogen and oxygen atoms in total. The number of thiophene rings is 1. The first-order chi connectivity index (χ1) is 7.58. The van der Waals surface area contributed by atoms with Crippen LogP contribution in [0.3, 0.4) is 0 Å². The van der Waals surface area contributed by atoms with Gasteiger partial charge in [-0.25, -0.2) is 0 Å². The third-order valence-corrected chi connectivity index (χ3v) is 4.42. The molecule has 0 atom stereocenters. The molecule has 1 heterocycles. The Bertz CT molecular complexity index is 494. The van der Waals surface area contributed by atoms with Gasteiger partial charge in [0.2, 0.25) is 0 Å². The lowest BCUT2D eigenvalue weighted by Gasteiger charge is -2.03. The Morgan fingerprint density at radius 3 is 2.12 bits per heavy atom. The summed E-state index contributed by atoms with van der Waals surface area (Å²) in [6.45, 7) is 6.61. The van der Waals surface area contributed by atoms with Gasteiger partial charge in [-0.3, -0.25) is 0 Å². The Morgan fingerprint density at radius 1 is 1.00 bits per heavy atom. The van der Waals surface area contributed by atoms with E-state index in [0.717, 1.165) is 11.4 Å². The molecule has 84 valence electrons. The molecule has 1 aromatic heterocycles. The molecular weight excluding hydrogens is 236 g/mol. The van der Waals surface area contributed by atoms with Crippen LogP contribution in [0.1, 0.15) is 26.4 Å². The number of halogens is 1. The fraction of sp³-hybridized carbons (Fsp3) is 0.286. The molecule has 2 rings (SSSR count). The standard InChI is InChI=1S/C14H15ClS/c1-9-10(2)16-11(3)14(9)8-12-4-6-13(15)7-5-12/h4-7H,8H2,1-3H3. The summed E-state index contributed by atoms with van der Waals surface area (Å²) in [4.78, 5) is 2.87. The van der Waals surface area contributed by atoms with E-state index in [2.05, 4.69) is 32.9 Å². The quantitative estimate of drug-likeness (QED) is 0.710. The van der Waals surface area contributed by atoms with Crippen LogP contribution in [0, 0.1) is 20.8 Å². The molecule has 0 unspecified atom stereocenters. The normalized spacial score (nSPS) is 10.8. The summed E-state index contributed by atoms with van der Waals surface area (Å²) in [5.74, 6) is 0.